The fourth-order valence-electron chi connectivity index (χ4n) is 2.87. The van der Waals surface area contributed by atoms with E-state index < -0.39 is 15.6 Å². The second-order valence-electron chi connectivity index (χ2n) is 5.93. The van der Waals surface area contributed by atoms with Gasteiger partial charge >= 0.3 is 0 Å². The number of fused-ring (bicyclic) bond motifs is 1. The smallest absolute Gasteiger partial charge is 0.258 e. The second kappa shape index (κ2) is 6.89. The molecule has 28 heavy (non-hydrogen) atoms. The van der Waals surface area contributed by atoms with Gasteiger partial charge in [-0.05, 0) is 24.3 Å². The molecule has 9 nitrogen and oxygen atoms in total. The fraction of sp³-hybridized carbons (Fsp3) is 0.111. The molecule has 10 heteroatoms. The Morgan fingerprint density at radius 3 is 2.71 bits per heavy atom. The van der Waals surface area contributed by atoms with Crippen molar-refractivity contribution < 1.29 is 13.2 Å². The molecule has 4 aromatic rings. The predicted octanol–water partition coefficient (Wildman–Crippen LogP) is 1.26. The van der Waals surface area contributed by atoms with Gasteiger partial charge in [0.25, 0.3) is 10.7 Å². The number of nitrogens with zero attached hydrogens (tertiary/aromatic N) is 5. The summed E-state index contributed by atoms with van der Waals surface area (Å²) < 4.78 is 33.9. The number of pyridine rings is 1. The third kappa shape index (κ3) is 3.14. The van der Waals surface area contributed by atoms with Crippen LogP contribution >= 0.6 is 0 Å². The standard InChI is InChI=1S/C18H15N5O4S/c1-27-15-7-3-2-6-14(15)23-12-19-21-18(23)28(25,26)11-13-10-17(24)22-9-5-4-8-16(22)20-13/h2-10,12H,11H2,1H3. The lowest BCUT2D eigenvalue weighted by molar-refractivity contribution is 0.412. The van der Waals surface area contributed by atoms with Crippen molar-refractivity contribution in [2.45, 2.75) is 10.9 Å². The number of hydrogen-bond acceptors (Lipinski definition) is 7. The molecule has 0 unspecified atom stereocenters. The van der Waals surface area contributed by atoms with Crippen molar-refractivity contribution in [2.24, 2.45) is 0 Å². The van der Waals surface area contributed by atoms with Crippen LogP contribution in [0.15, 0.2) is 71.0 Å². The first kappa shape index (κ1) is 17.9. The topological polar surface area (TPSA) is 108 Å². The molecular formula is C18H15N5O4S. The molecule has 0 aliphatic carbocycles. The van der Waals surface area contributed by atoms with Crippen LogP contribution in [0.1, 0.15) is 5.69 Å². The van der Waals surface area contributed by atoms with E-state index in [1.165, 1.54) is 28.5 Å². The van der Waals surface area contributed by atoms with Crippen LogP contribution < -0.4 is 10.3 Å². The molecule has 0 bridgehead atoms. The molecular weight excluding hydrogens is 382 g/mol. The number of rotatable bonds is 5. The quantitative estimate of drug-likeness (QED) is 0.499. The maximum absolute atomic E-state index is 13.0. The monoisotopic (exact) mass is 397 g/mol. The van der Waals surface area contributed by atoms with Gasteiger partial charge in [-0.3, -0.25) is 13.8 Å². The van der Waals surface area contributed by atoms with E-state index in [0.717, 1.165) is 0 Å². The molecule has 4 rings (SSSR count). The Labute approximate surface area is 159 Å². The van der Waals surface area contributed by atoms with Gasteiger partial charge in [-0.15, -0.1) is 10.2 Å². The number of methoxy groups -OCH3 is 1. The minimum atomic E-state index is -3.94. The number of ether oxygens (including phenoxy) is 1. The number of sulfone groups is 1. The van der Waals surface area contributed by atoms with Gasteiger partial charge < -0.3 is 4.74 Å². The summed E-state index contributed by atoms with van der Waals surface area (Å²) in [7, 11) is -2.45. The fourth-order valence-corrected chi connectivity index (χ4v) is 4.15. The van der Waals surface area contributed by atoms with E-state index >= 15 is 0 Å². The zero-order valence-electron chi connectivity index (χ0n) is 14.8. The third-order valence-electron chi connectivity index (χ3n) is 4.10. The molecule has 0 saturated carbocycles. The van der Waals surface area contributed by atoms with Crippen molar-refractivity contribution in [1.82, 2.24) is 24.1 Å². The Bertz CT molecular complexity index is 1330. The van der Waals surface area contributed by atoms with E-state index in [2.05, 4.69) is 15.2 Å². The van der Waals surface area contributed by atoms with E-state index in [0.29, 0.717) is 17.1 Å². The number of benzene rings is 1. The second-order valence-corrected chi connectivity index (χ2v) is 7.81. The minimum Gasteiger partial charge on any atom is -0.495 e. The lowest BCUT2D eigenvalue weighted by Crippen LogP contribution is -2.18. The van der Waals surface area contributed by atoms with Crippen LogP contribution in [-0.2, 0) is 15.6 Å². The van der Waals surface area contributed by atoms with Gasteiger partial charge in [-0.2, -0.15) is 0 Å². The largest absolute Gasteiger partial charge is 0.495 e. The molecule has 3 aromatic heterocycles. The van der Waals surface area contributed by atoms with Gasteiger partial charge in [0.15, 0.2) is 0 Å². The molecule has 0 aliphatic rings. The van der Waals surface area contributed by atoms with Crippen molar-refractivity contribution in [3.8, 4) is 11.4 Å². The summed E-state index contributed by atoms with van der Waals surface area (Å²) in [6.45, 7) is 0. The first-order valence-corrected chi connectivity index (χ1v) is 9.88. The SMILES string of the molecule is COc1ccccc1-n1cnnc1S(=O)(=O)Cc1cc(=O)n2ccccc2n1. The Morgan fingerprint density at radius 2 is 1.89 bits per heavy atom. The van der Waals surface area contributed by atoms with Crippen molar-refractivity contribution >= 4 is 15.5 Å². The molecule has 0 spiro atoms. The zero-order valence-corrected chi connectivity index (χ0v) is 15.6. The van der Waals surface area contributed by atoms with Crippen molar-refractivity contribution in [1.29, 1.82) is 0 Å². The Hall–Kier alpha value is -3.53. The van der Waals surface area contributed by atoms with Gasteiger partial charge in [-0.25, -0.2) is 13.4 Å². The van der Waals surface area contributed by atoms with Crippen LogP contribution in [0.25, 0.3) is 11.3 Å². The summed E-state index contributed by atoms with van der Waals surface area (Å²) in [5.74, 6) is -0.0117. The maximum atomic E-state index is 13.0. The summed E-state index contributed by atoms with van der Waals surface area (Å²) in [4.78, 5) is 16.5. The van der Waals surface area contributed by atoms with Gasteiger partial charge in [0.1, 0.15) is 23.5 Å². The van der Waals surface area contributed by atoms with Crippen molar-refractivity contribution in [3.63, 3.8) is 0 Å². The Morgan fingerprint density at radius 1 is 1.11 bits per heavy atom. The van der Waals surface area contributed by atoms with Gasteiger partial charge in [-0.1, -0.05) is 18.2 Å². The van der Waals surface area contributed by atoms with Crippen LogP contribution in [0.4, 0.5) is 0 Å². The number of para-hydroxylation sites is 2. The highest BCUT2D eigenvalue weighted by atomic mass is 32.2. The molecule has 0 radical (unpaired) electrons. The zero-order chi connectivity index (χ0) is 19.7. The third-order valence-corrected chi connectivity index (χ3v) is 5.61. The van der Waals surface area contributed by atoms with Gasteiger partial charge in [0.05, 0.1) is 18.5 Å². The van der Waals surface area contributed by atoms with E-state index in [-0.39, 0.29) is 16.4 Å². The highest BCUT2D eigenvalue weighted by molar-refractivity contribution is 7.90. The number of hydrogen-bond donors (Lipinski definition) is 0. The van der Waals surface area contributed by atoms with E-state index in [9.17, 15) is 13.2 Å². The predicted molar refractivity (Wildman–Crippen MR) is 100 cm³/mol. The van der Waals surface area contributed by atoms with Crippen LogP contribution in [0.2, 0.25) is 0 Å². The van der Waals surface area contributed by atoms with Gasteiger partial charge in [0.2, 0.25) is 9.84 Å². The van der Waals surface area contributed by atoms with Gasteiger partial charge in [0, 0.05) is 12.3 Å². The Balaban J connectivity index is 1.77. The molecule has 0 fully saturated rings. The molecule has 3 heterocycles. The highest BCUT2D eigenvalue weighted by Gasteiger charge is 2.25. The van der Waals surface area contributed by atoms with E-state index in [1.807, 2.05) is 0 Å². The highest BCUT2D eigenvalue weighted by Crippen LogP contribution is 2.25. The lowest BCUT2D eigenvalue weighted by atomic mass is 10.3. The maximum Gasteiger partial charge on any atom is 0.258 e. The molecule has 142 valence electrons. The number of aromatic nitrogens is 5. The van der Waals surface area contributed by atoms with Crippen LogP contribution in [0, 0.1) is 0 Å². The summed E-state index contributed by atoms with van der Waals surface area (Å²) >= 11 is 0. The molecule has 0 N–H and O–H groups in total. The average Bonchev–Trinajstić information content (AvgIpc) is 3.18. The first-order chi connectivity index (χ1) is 13.5. The normalized spacial score (nSPS) is 11.6. The molecule has 0 amide bonds. The van der Waals surface area contributed by atoms with Crippen molar-refractivity contribution in [2.75, 3.05) is 7.11 Å². The summed E-state index contributed by atoms with van der Waals surface area (Å²) in [5, 5.41) is 7.26. The van der Waals surface area contributed by atoms with Crippen LogP contribution in [0.5, 0.6) is 5.75 Å². The molecule has 0 atom stereocenters. The minimum absolute atomic E-state index is 0.130. The van der Waals surface area contributed by atoms with E-state index in [4.69, 9.17) is 4.74 Å². The van der Waals surface area contributed by atoms with Crippen LogP contribution in [0.3, 0.4) is 0 Å². The Kier molecular flexibility index (Phi) is 4.40. The summed E-state index contributed by atoms with van der Waals surface area (Å²) in [6, 6.07) is 13.2. The van der Waals surface area contributed by atoms with Crippen LogP contribution in [-0.4, -0.2) is 39.7 Å². The summed E-state index contributed by atoms with van der Waals surface area (Å²) in [6.07, 6.45) is 2.87. The molecule has 1 aromatic carbocycles. The van der Waals surface area contributed by atoms with Crippen molar-refractivity contribution in [3.05, 3.63) is 77.1 Å². The lowest BCUT2D eigenvalue weighted by Gasteiger charge is -2.11. The molecule has 0 saturated heterocycles. The first-order valence-electron chi connectivity index (χ1n) is 8.23. The average molecular weight is 397 g/mol. The van der Waals surface area contributed by atoms with E-state index in [1.54, 1.807) is 48.7 Å². The summed E-state index contributed by atoms with van der Waals surface area (Å²) in [5.41, 5.74) is 0.624. The molecule has 0 aliphatic heterocycles.